The van der Waals surface area contributed by atoms with Crippen molar-refractivity contribution in [3.05, 3.63) is 25.6 Å². The van der Waals surface area contributed by atoms with Crippen LogP contribution in [0.4, 0.5) is 0 Å². The average molecular weight is 422 g/mol. The molecule has 3 nitrogen and oxygen atoms in total. The maximum absolute atomic E-state index is 11.8. The van der Waals surface area contributed by atoms with Crippen LogP contribution in [0.25, 0.3) is 0 Å². The predicted octanol–water partition coefficient (Wildman–Crippen LogP) is 3.27. The molecule has 0 saturated carbocycles. The van der Waals surface area contributed by atoms with Gasteiger partial charge in [0.25, 0.3) is 0 Å². The van der Waals surface area contributed by atoms with Crippen molar-refractivity contribution < 1.29 is 8.42 Å². The van der Waals surface area contributed by atoms with Crippen LogP contribution < -0.4 is 4.72 Å². The molecule has 0 aliphatic carbocycles. The minimum atomic E-state index is -3.45. The maximum Gasteiger partial charge on any atom is 0.242 e. The van der Waals surface area contributed by atoms with Crippen LogP contribution in [0.1, 0.15) is 6.92 Å². The first-order valence-corrected chi connectivity index (χ1v) is 7.89. The van der Waals surface area contributed by atoms with Gasteiger partial charge in [0.15, 0.2) is 0 Å². The lowest BCUT2D eigenvalue weighted by Gasteiger charge is -2.09. The summed E-state index contributed by atoms with van der Waals surface area (Å²) in [7, 11) is -3.45. The van der Waals surface area contributed by atoms with E-state index in [1.807, 2.05) is 0 Å². The minimum absolute atomic E-state index is 0.215. The van der Waals surface area contributed by atoms with Gasteiger partial charge in [-0.3, -0.25) is 0 Å². The first kappa shape index (κ1) is 13.6. The van der Waals surface area contributed by atoms with Crippen molar-refractivity contribution in [3.8, 4) is 0 Å². The Kier molecular flexibility index (Phi) is 4.79. The minimum Gasteiger partial charge on any atom is -0.211 e. The zero-order valence-electron chi connectivity index (χ0n) is 7.72. The molecule has 0 aliphatic rings. The highest BCUT2D eigenvalue weighted by atomic mass is 79.9. The zero-order valence-corrected chi connectivity index (χ0v) is 13.3. The summed E-state index contributed by atoms with van der Waals surface area (Å²) < 4.78 is 27.9. The SMILES string of the molecule is CCNS(=O)(=O)c1c(Br)cc(Br)cc1Br. The summed E-state index contributed by atoms with van der Waals surface area (Å²) in [5, 5.41) is 0. The molecule has 0 aliphatic heterocycles. The van der Waals surface area contributed by atoms with Crippen LogP contribution in [0.5, 0.6) is 0 Å². The number of sulfonamides is 1. The van der Waals surface area contributed by atoms with Gasteiger partial charge < -0.3 is 0 Å². The van der Waals surface area contributed by atoms with E-state index in [1.54, 1.807) is 19.1 Å². The largest absolute Gasteiger partial charge is 0.242 e. The molecule has 0 atom stereocenters. The van der Waals surface area contributed by atoms with E-state index >= 15 is 0 Å². The van der Waals surface area contributed by atoms with Gasteiger partial charge in [0.1, 0.15) is 4.90 Å². The second-order valence-electron chi connectivity index (χ2n) is 2.70. The lowest BCUT2D eigenvalue weighted by Crippen LogP contribution is -2.23. The zero-order chi connectivity index (χ0) is 11.6. The number of benzene rings is 1. The first-order valence-electron chi connectivity index (χ1n) is 4.02. The van der Waals surface area contributed by atoms with E-state index < -0.39 is 10.0 Å². The highest BCUT2D eigenvalue weighted by Gasteiger charge is 2.20. The standard InChI is InChI=1S/C8H8Br3NO2S/c1-2-12-15(13,14)8-6(10)3-5(9)4-7(8)11/h3-4,12H,2H2,1H3. The van der Waals surface area contributed by atoms with E-state index in [0.717, 1.165) is 4.47 Å². The Morgan fingerprint density at radius 3 is 2.07 bits per heavy atom. The Hall–Kier alpha value is 0.570. The number of rotatable bonds is 3. The van der Waals surface area contributed by atoms with Gasteiger partial charge in [0.05, 0.1) is 0 Å². The average Bonchev–Trinajstić information content (AvgIpc) is 1.99. The van der Waals surface area contributed by atoms with Crippen molar-refractivity contribution >= 4 is 57.8 Å². The Morgan fingerprint density at radius 2 is 1.67 bits per heavy atom. The lowest BCUT2D eigenvalue weighted by molar-refractivity contribution is 0.583. The van der Waals surface area contributed by atoms with E-state index in [4.69, 9.17) is 0 Å². The van der Waals surface area contributed by atoms with Gasteiger partial charge in [-0.25, -0.2) is 13.1 Å². The summed E-state index contributed by atoms with van der Waals surface area (Å²) in [6.45, 7) is 2.09. The van der Waals surface area contributed by atoms with Crippen molar-refractivity contribution in [2.75, 3.05) is 6.54 Å². The fourth-order valence-electron chi connectivity index (χ4n) is 1.05. The molecular formula is C8H8Br3NO2S. The van der Waals surface area contributed by atoms with Gasteiger partial charge in [0, 0.05) is 20.0 Å². The van der Waals surface area contributed by atoms with Gasteiger partial charge in [-0.2, -0.15) is 0 Å². The quantitative estimate of drug-likeness (QED) is 0.814. The van der Waals surface area contributed by atoms with Crippen LogP contribution >= 0.6 is 47.8 Å². The molecule has 0 spiro atoms. The molecule has 1 N–H and O–H groups in total. The fraction of sp³-hybridized carbons (Fsp3) is 0.250. The Morgan fingerprint density at radius 1 is 1.20 bits per heavy atom. The van der Waals surface area contributed by atoms with Gasteiger partial charge in [-0.05, 0) is 44.0 Å². The van der Waals surface area contributed by atoms with Crippen molar-refractivity contribution in [2.24, 2.45) is 0 Å². The molecule has 0 fully saturated rings. The Bertz CT molecular complexity index is 450. The van der Waals surface area contributed by atoms with Crippen LogP contribution in [0.15, 0.2) is 30.4 Å². The Labute approximate surface area is 114 Å². The maximum atomic E-state index is 11.8. The molecular weight excluding hydrogens is 414 g/mol. The molecule has 1 rings (SSSR count). The first-order chi connectivity index (χ1) is 6.88. The molecule has 0 unspecified atom stereocenters. The number of halogens is 3. The number of hydrogen-bond donors (Lipinski definition) is 1. The second-order valence-corrected chi connectivity index (χ2v) is 7.03. The van der Waals surface area contributed by atoms with Crippen LogP contribution in [-0.2, 0) is 10.0 Å². The monoisotopic (exact) mass is 419 g/mol. The Balaban J connectivity index is 3.38. The van der Waals surface area contributed by atoms with Gasteiger partial charge in [-0.15, -0.1) is 0 Å². The molecule has 1 aromatic carbocycles. The van der Waals surface area contributed by atoms with Crippen molar-refractivity contribution in [3.63, 3.8) is 0 Å². The molecule has 1 aromatic rings. The van der Waals surface area contributed by atoms with Crippen LogP contribution in [0, 0.1) is 0 Å². The molecule has 7 heteroatoms. The van der Waals surface area contributed by atoms with Gasteiger partial charge in [-0.1, -0.05) is 22.9 Å². The molecule has 84 valence electrons. The number of hydrogen-bond acceptors (Lipinski definition) is 2. The number of nitrogens with one attached hydrogen (secondary N) is 1. The summed E-state index contributed by atoms with van der Waals surface area (Å²) in [6, 6.07) is 3.38. The molecule has 0 amide bonds. The van der Waals surface area contributed by atoms with Crippen LogP contribution in [-0.4, -0.2) is 15.0 Å². The smallest absolute Gasteiger partial charge is 0.211 e. The van der Waals surface area contributed by atoms with Gasteiger partial charge >= 0.3 is 0 Å². The topological polar surface area (TPSA) is 46.2 Å². The van der Waals surface area contributed by atoms with E-state index in [1.165, 1.54) is 0 Å². The highest BCUT2D eigenvalue weighted by Crippen LogP contribution is 2.33. The second kappa shape index (κ2) is 5.27. The van der Waals surface area contributed by atoms with E-state index in [9.17, 15) is 8.42 Å². The lowest BCUT2D eigenvalue weighted by atomic mass is 10.4. The molecule has 0 saturated heterocycles. The molecule has 0 aromatic heterocycles. The normalized spacial score (nSPS) is 11.7. The summed E-state index contributed by atoms with van der Waals surface area (Å²) >= 11 is 9.73. The van der Waals surface area contributed by atoms with Crippen molar-refractivity contribution in [1.82, 2.24) is 4.72 Å². The summed E-state index contributed by atoms with van der Waals surface area (Å²) in [4.78, 5) is 0.215. The van der Waals surface area contributed by atoms with Crippen molar-refractivity contribution in [2.45, 2.75) is 11.8 Å². The summed E-state index contributed by atoms with van der Waals surface area (Å²) in [6.07, 6.45) is 0. The van der Waals surface area contributed by atoms with Crippen molar-refractivity contribution in [1.29, 1.82) is 0 Å². The third-order valence-electron chi connectivity index (χ3n) is 1.57. The third kappa shape index (κ3) is 3.26. The fourth-order valence-corrected chi connectivity index (χ4v) is 5.74. The predicted molar refractivity (Wildman–Crippen MR) is 70.4 cm³/mol. The molecule has 0 bridgehead atoms. The van der Waals surface area contributed by atoms with E-state index in [0.29, 0.717) is 15.5 Å². The van der Waals surface area contributed by atoms with Gasteiger partial charge in [0.2, 0.25) is 10.0 Å². The van der Waals surface area contributed by atoms with E-state index in [-0.39, 0.29) is 4.90 Å². The summed E-state index contributed by atoms with van der Waals surface area (Å²) in [5.74, 6) is 0. The molecule has 15 heavy (non-hydrogen) atoms. The van der Waals surface area contributed by atoms with Crippen LogP contribution in [0.3, 0.4) is 0 Å². The van der Waals surface area contributed by atoms with E-state index in [2.05, 4.69) is 52.5 Å². The molecule has 0 radical (unpaired) electrons. The van der Waals surface area contributed by atoms with Crippen LogP contribution in [0.2, 0.25) is 0 Å². The molecule has 0 heterocycles. The summed E-state index contributed by atoms with van der Waals surface area (Å²) in [5.41, 5.74) is 0. The highest BCUT2D eigenvalue weighted by molar-refractivity contribution is 9.11. The third-order valence-corrected chi connectivity index (χ3v) is 5.45.